The number of hydrogen-bond acceptors (Lipinski definition) is 5. The van der Waals surface area contributed by atoms with Crippen LogP contribution in [0.3, 0.4) is 0 Å². The lowest BCUT2D eigenvalue weighted by molar-refractivity contribution is -0.143. The van der Waals surface area contributed by atoms with Crippen LogP contribution in [-0.2, 0) is 10.4 Å². The molecule has 0 bridgehead atoms. The number of rotatable bonds is 3. The largest absolute Gasteiger partial charge is 0.375 e. The quantitative estimate of drug-likeness (QED) is 0.524. The summed E-state index contributed by atoms with van der Waals surface area (Å²) in [5, 5.41) is 13.4. The van der Waals surface area contributed by atoms with Crippen molar-refractivity contribution in [1.29, 1.82) is 0 Å². The van der Waals surface area contributed by atoms with Gasteiger partial charge in [0.15, 0.2) is 5.60 Å². The molecule has 9 heteroatoms. The van der Waals surface area contributed by atoms with Crippen LogP contribution >= 0.6 is 11.3 Å². The zero-order chi connectivity index (χ0) is 21.0. The highest BCUT2D eigenvalue weighted by Gasteiger charge is 2.45. The third-order valence-corrected chi connectivity index (χ3v) is 6.29. The van der Waals surface area contributed by atoms with Crippen molar-refractivity contribution in [1.82, 2.24) is 19.9 Å². The van der Waals surface area contributed by atoms with Gasteiger partial charge in [0.1, 0.15) is 16.5 Å². The molecule has 6 nitrogen and oxygen atoms in total. The lowest BCUT2D eigenvalue weighted by Crippen LogP contribution is -2.36. The fourth-order valence-corrected chi connectivity index (χ4v) is 4.68. The molecule has 1 aromatic carbocycles. The molecular weight excluding hydrogens is 410 g/mol. The van der Waals surface area contributed by atoms with E-state index >= 15 is 0 Å². The number of carbonyl (C=O) groups is 1. The second-order valence-corrected chi connectivity index (χ2v) is 8.18. The van der Waals surface area contributed by atoms with Gasteiger partial charge < -0.3 is 15.0 Å². The number of fused-ring (bicyclic) bond motifs is 1. The predicted molar refractivity (Wildman–Crippen MR) is 109 cm³/mol. The molecule has 1 amide bonds. The number of thiazole rings is 1. The van der Waals surface area contributed by atoms with Crippen LogP contribution in [0.5, 0.6) is 0 Å². The molecule has 0 unspecified atom stereocenters. The Morgan fingerprint density at radius 3 is 2.90 bits per heavy atom. The Hall–Kier alpha value is -3.17. The first kappa shape index (κ1) is 18.8. The minimum Gasteiger partial charge on any atom is -0.375 e. The maximum Gasteiger partial charge on any atom is 0.258 e. The molecule has 0 saturated carbocycles. The van der Waals surface area contributed by atoms with Gasteiger partial charge in [0.25, 0.3) is 5.91 Å². The topological polar surface area (TPSA) is 82.1 Å². The van der Waals surface area contributed by atoms with Crippen molar-refractivity contribution in [3.8, 4) is 21.8 Å². The van der Waals surface area contributed by atoms with Crippen molar-refractivity contribution in [2.24, 2.45) is 0 Å². The van der Waals surface area contributed by atoms with Crippen molar-refractivity contribution in [2.45, 2.75) is 12.0 Å². The normalized spacial score (nSPS) is 19.2. The molecule has 1 saturated heterocycles. The molecule has 152 valence electrons. The van der Waals surface area contributed by atoms with Crippen LogP contribution in [0.2, 0.25) is 0 Å². The lowest BCUT2D eigenvalue weighted by atomic mass is 9.90. The van der Waals surface area contributed by atoms with E-state index in [-0.39, 0.29) is 17.1 Å². The van der Waals surface area contributed by atoms with Crippen molar-refractivity contribution >= 4 is 28.3 Å². The second kappa shape index (κ2) is 6.68. The summed E-state index contributed by atoms with van der Waals surface area (Å²) in [5.41, 5.74) is 0.598. The molecule has 5 rings (SSSR count). The fourth-order valence-electron chi connectivity index (χ4n) is 3.80. The van der Waals surface area contributed by atoms with E-state index < -0.39 is 17.4 Å². The van der Waals surface area contributed by atoms with Gasteiger partial charge >= 0.3 is 0 Å². The number of pyridine rings is 1. The second-order valence-electron chi connectivity index (χ2n) is 7.32. The Balaban J connectivity index is 1.55. The van der Waals surface area contributed by atoms with Crippen LogP contribution in [0.1, 0.15) is 12.0 Å². The van der Waals surface area contributed by atoms with Gasteiger partial charge in [-0.1, -0.05) is 18.2 Å². The number of nitrogens with zero attached hydrogens (tertiary/aromatic N) is 3. The Kier molecular flexibility index (Phi) is 4.19. The summed E-state index contributed by atoms with van der Waals surface area (Å²) in [6.07, 6.45) is 1.33. The summed E-state index contributed by atoms with van der Waals surface area (Å²) in [6.45, 7) is 0.477. The lowest BCUT2D eigenvalue weighted by Gasteiger charge is -2.21. The van der Waals surface area contributed by atoms with Crippen LogP contribution < -0.4 is 0 Å². The fraction of sp³-hybridized carbons (Fsp3) is 0.190. The summed E-state index contributed by atoms with van der Waals surface area (Å²) < 4.78 is 28.1. The maximum absolute atomic E-state index is 14.5. The Morgan fingerprint density at radius 1 is 1.30 bits per heavy atom. The molecule has 1 fully saturated rings. The Morgan fingerprint density at radius 2 is 2.13 bits per heavy atom. The molecule has 1 aliphatic heterocycles. The summed E-state index contributed by atoms with van der Waals surface area (Å²) in [6, 6.07) is 8.21. The molecule has 4 heterocycles. The highest BCUT2D eigenvalue weighted by Crippen LogP contribution is 2.37. The van der Waals surface area contributed by atoms with Crippen molar-refractivity contribution in [3.63, 3.8) is 0 Å². The highest BCUT2D eigenvalue weighted by atomic mass is 32.1. The molecule has 0 spiro atoms. The first-order valence-corrected chi connectivity index (χ1v) is 10.1. The number of carbonyl (C=O) groups excluding carboxylic acids is 1. The number of aromatic amines is 1. The average Bonchev–Trinajstić information content (AvgIpc) is 3.41. The summed E-state index contributed by atoms with van der Waals surface area (Å²) in [7, 11) is 1.66. The number of aromatic nitrogens is 3. The van der Waals surface area contributed by atoms with Gasteiger partial charge in [-0.25, -0.2) is 14.4 Å². The molecule has 1 aliphatic rings. The molecule has 0 aliphatic carbocycles. The van der Waals surface area contributed by atoms with Gasteiger partial charge in [-0.3, -0.25) is 4.79 Å². The monoisotopic (exact) mass is 426 g/mol. The minimum absolute atomic E-state index is 0.163. The summed E-state index contributed by atoms with van der Waals surface area (Å²) in [5.74, 6) is -1.53. The third-order valence-electron chi connectivity index (χ3n) is 5.43. The van der Waals surface area contributed by atoms with Crippen molar-refractivity contribution in [3.05, 3.63) is 59.2 Å². The van der Waals surface area contributed by atoms with Crippen LogP contribution in [0, 0.1) is 11.8 Å². The SMILES string of the molecule is CN1CC[C@@](O)(c2cccc(-c3csc(-c4c(F)[nH]c5ncc(F)cc45)n3)c2)C1=O. The number of amides is 1. The van der Waals surface area contributed by atoms with E-state index in [4.69, 9.17) is 0 Å². The molecule has 2 N–H and O–H groups in total. The van der Waals surface area contributed by atoms with Gasteiger partial charge in [-0.2, -0.15) is 4.39 Å². The van der Waals surface area contributed by atoms with Gasteiger partial charge in [-0.15, -0.1) is 11.3 Å². The minimum atomic E-state index is -1.56. The molecule has 0 radical (unpaired) electrons. The van der Waals surface area contributed by atoms with E-state index in [0.717, 1.165) is 6.20 Å². The molecular formula is C21H16F2N4O2S. The van der Waals surface area contributed by atoms with E-state index in [1.165, 1.54) is 22.3 Å². The molecule has 30 heavy (non-hydrogen) atoms. The number of benzene rings is 1. The number of H-pyrrole nitrogens is 1. The standard InChI is InChI=1S/C21H16F2N4O2S/c1-27-6-5-21(29,20(27)28)12-4-2-3-11(7-12)15-10-30-19(25-15)16-14-8-13(22)9-24-18(14)26-17(16)23/h2-4,7-10,29H,5-6H2,1H3,(H,24,26)/t21-/m1/s1. The van der Waals surface area contributed by atoms with Gasteiger partial charge in [0, 0.05) is 36.3 Å². The van der Waals surface area contributed by atoms with Crippen molar-refractivity contribution in [2.75, 3.05) is 13.6 Å². The van der Waals surface area contributed by atoms with Gasteiger partial charge in [-0.05, 0) is 17.7 Å². The summed E-state index contributed by atoms with van der Waals surface area (Å²) in [4.78, 5) is 24.8. The van der Waals surface area contributed by atoms with Gasteiger partial charge in [0.2, 0.25) is 5.95 Å². The van der Waals surface area contributed by atoms with E-state index in [1.54, 1.807) is 30.6 Å². The number of nitrogens with one attached hydrogen (secondary N) is 1. The van der Waals surface area contributed by atoms with E-state index in [9.17, 15) is 18.7 Å². The van der Waals surface area contributed by atoms with E-state index in [2.05, 4.69) is 15.0 Å². The molecule has 3 aromatic heterocycles. The third kappa shape index (κ3) is 2.81. The number of halogens is 2. The summed E-state index contributed by atoms with van der Waals surface area (Å²) >= 11 is 1.22. The van der Waals surface area contributed by atoms with Crippen molar-refractivity contribution < 1.29 is 18.7 Å². The van der Waals surface area contributed by atoms with Crippen LogP contribution in [0.15, 0.2) is 41.9 Å². The smallest absolute Gasteiger partial charge is 0.258 e. The number of likely N-dealkylation sites (tertiary alicyclic amines) is 1. The Bertz CT molecular complexity index is 1300. The van der Waals surface area contributed by atoms with E-state index in [1.807, 2.05) is 6.07 Å². The zero-order valence-corrected chi connectivity index (χ0v) is 16.6. The van der Waals surface area contributed by atoms with Crippen LogP contribution in [0.25, 0.3) is 32.9 Å². The zero-order valence-electron chi connectivity index (χ0n) is 15.8. The number of likely N-dealkylation sites (N-methyl/N-ethyl adjacent to an activating group) is 1. The predicted octanol–water partition coefficient (Wildman–Crippen LogP) is 3.68. The number of aliphatic hydroxyl groups is 1. The molecule has 4 aromatic rings. The first-order chi connectivity index (χ1) is 14.4. The van der Waals surface area contributed by atoms with Crippen LogP contribution in [0.4, 0.5) is 8.78 Å². The number of hydrogen-bond donors (Lipinski definition) is 2. The van der Waals surface area contributed by atoms with Gasteiger partial charge in [0.05, 0.1) is 17.5 Å². The first-order valence-electron chi connectivity index (χ1n) is 9.24. The molecule has 1 atom stereocenters. The Labute approximate surface area is 173 Å². The maximum atomic E-state index is 14.5. The highest BCUT2D eigenvalue weighted by molar-refractivity contribution is 7.13. The van der Waals surface area contributed by atoms with Crippen LogP contribution in [-0.4, -0.2) is 44.5 Å². The average molecular weight is 426 g/mol. The van der Waals surface area contributed by atoms with E-state index in [0.29, 0.717) is 40.2 Å².